The predicted octanol–water partition coefficient (Wildman–Crippen LogP) is 2.85. The van der Waals surface area contributed by atoms with E-state index in [4.69, 9.17) is 5.73 Å². The Kier molecular flexibility index (Phi) is 5.81. The van der Waals surface area contributed by atoms with Gasteiger partial charge in [-0.05, 0) is 24.6 Å². The Morgan fingerprint density at radius 3 is 2.34 bits per heavy atom. The highest BCUT2D eigenvalue weighted by atomic mass is 19.4. The number of piperidine rings is 1. The Balaban J connectivity index is 2.01. The molecular formula is C22H15F6N3O4. The van der Waals surface area contributed by atoms with Gasteiger partial charge in [-0.3, -0.25) is 24.5 Å². The van der Waals surface area contributed by atoms with Crippen LogP contribution in [-0.4, -0.2) is 40.7 Å². The normalized spacial score (nSPS) is 21.1. The summed E-state index contributed by atoms with van der Waals surface area (Å²) < 4.78 is 87.0. The summed E-state index contributed by atoms with van der Waals surface area (Å²) in [6.45, 7) is 0. The Hall–Kier alpha value is -3.90. The summed E-state index contributed by atoms with van der Waals surface area (Å²) in [5.74, 6) is -11.7. The number of fused-ring (bicyclic) bond motifs is 1. The standard InChI is InChI=1S/C22H15F6N3O4/c23-8-1-2-9(12(24)7-8)16(22(26,27)28)18-15-10(3-4-11(17(15)25)19(29)33)21(35)31(18)13-5-6-14(32)30-20(13)34/h1-4,7,13,16,18H,5-6H2,(H2,29,33)(H,30,32,34)/t13?,16-,18?/m1/s1. The molecule has 2 aliphatic heterocycles. The average Bonchev–Trinajstić information content (AvgIpc) is 3.02. The lowest BCUT2D eigenvalue weighted by Crippen LogP contribution is -2.55. The molecule has 1 fully saturated rings. The third-order valence-corrected chi connectivity index (χ3v) is 6.02. The van der Waals surface area contributed by atoms with Crippen molar-refractivity contribution < 1.29 is 45.5 Å². The van der Waals surface area contributed by atoms with Crippen LogP contribution in [0.3, 0.4) is 0 Å². The second-order valence-corrected chi connectivity index (χ2v) is 8.06. The molecule has 0 bridgehead atoms. The zero-order valence-corrected chi connectivity index (χ0v) is 17.5. The first kappa shape index (κ1) is 24.2. The van der Waals surface area contributed by atoms with E-state index in [0.29, 0.717) is 17.0 Å². The summed E-state index contributed by atoms with van der Waals surface area (Å²) >= 11 is 0. The molecule has 1 saturated heterocycles. The molecule has 0 spiro atoms. The lowest BCUT2D eigenvalue weighted by Gasteiger charge is -2.39. The van der Waals surface area contributed by atoms with Crippen molar-refractivity contribution in [2.45, 2.75) is 37.0 Å². The van der Waals surface area contributed by atoms with E-state index in [2.05, 4.69) is 0 Å². The number of hydrogen-bond acceptors (Lipinski definition) is 4. The van der Waals surface area contributed by atoms with Gasteiger partial charge in [-0.25, -0.2) is 13.2 Å². The van der Waals surface area contributed by atoms with Gasteiger partial charge in [-0.1, -0.05) is 6.07 Å². The summed E-state index contributed by atoms with van der Waals surface area (Å²) in [5, 5.41) is 1.91. The van der Waals surface area contributed by atoms with Crippen LogP contribution in [0.2, 0.25) is 0 Å². The summed E-state index contributed by atoms with van der Waals surface area (Å²) in [5.41, 5.74) is 1.66. The molecule has 0 radical (unpaired) electrons. The highest BCUT2D eigenvalue weighted by Gasteiger charge is 2.57. The minimum atomic E-state index is -5.35. The molecule has 0 aliphatic carbocycles. The minimum absolute atomic E-state index is 0.193. The first-order valence-corrected chi connectivity index (χ1v) is 10.1. The Bertz CT molecular complexity index is 1280. The third kappa shape index (κ3) is 4.00. The van der Waals surface area contributed by atoms with Gasteiger partial charge in [0.25, 0.3) is 11.8 Å². The molecule has 4 rings (SSSR count). The maximum absolute atomic E-state index is 15.4. The molecule has 184 valence electrons. The van der Waals surface area contributed by atoms with E-state index < -0.39 is 87.5 Å². The second-order valence-electron chi connectivity index (χ2n) is 8.06. The molecule has 2 unspecified atom stereocenters. The zero-order valence-electron chi connectivity index (χ0n) is 17.5. The second kappa shape index (κ2) is 8.40. The number of benzene rings is 2. The first-order valence-electron chi connectivity index (χ1n) is 10.1. The molecule has 2 heterocycles. The van der Waals surface area contributed by atoms with Crippen LogP contribution in [0.15, 0.2) is 30.3 Å². The molecular weight excluding hydrogens is 484 g/mol. The van der Waals surface area contributed by atoms with Crippen LogP contribution in [0, 0.1) is 17.5 Å². The van der Waals surface area contributed by atoms with Crippen LogP contribution in [0.4, 0.5) is 26.3 Å². The molecule has 35 heavy (non-hydrogen) atoms. The van der Waals surface area contributed by atoms with E-state index >= 15 is 4.39 Å². The molecule has 4 amide bonds. The first-order chi connectivity index (χ1) is 16.3. The van der Waals surface area contributed by atoms with Crippen molar-refractivity contribution in [3.8, 4) is 0 Å². The monoisotopic (exact) mass is 499 g/mol. The van der Waals surface area contributed by atoms with Crippen molar-refractivity contribution >= 4 is 23.6 Å². The number of halogens is 6. The lowest BCUT2D eigenvalue weighted by molar-refractivity contribution is -0.167. The van der Waals surface area contributed by atoms with Crippen LogP contribution in [0.1, 0.15) is 56.6 Å². The summed E-state index contributed by atoms with van der Waals surface area (Å²) in [6.07, 6.45) is -6.07. The zero-order chi connectivity index (χ0) is 25.8. The van der Waals surface area contributed by atoms with Gasteiger partial charge in [0.05, 0.1) is 11.6 Å². The SMILES string of the molecule is NC(=O)c1ccc2c(c1F)C([C@@H](c1ccc(F)cc1F)C(F)(F)F)N(C1CCC(=O)NC1=O)C2=O. The molecule has 0 saturated carbocycles. The van der Waals surface area contributed by atoms with Crippen LogP contribution in [-0.2, 0) is 9.59 Å². The van der Waals surface area contributed by atoms with Crippen LogP contribution in [0.5, 0.6) is 0 Å². The van der Waals surface area contributed by atoms with Crippen LogP contribution < -0.4 is 11.1 Å². The Labute approximate surface area is 192 Å². The number of carbonyl (C=O) groups is 4. The number of hydrogen-bond donors (Lipinski definition) is 2. The van der Waals surface area contributed by atoms with Gasteiger partial charge in [0.2, 0.25) is 11.8 Å². The molecule has 2 aliphatic rings. The van der Waals surface area contributed by atoms with Crippen LogP contribution >= 0.6 is 0 Å². The number of nitrogens with zero attached hydrogens (tertiary/aromatic N) is 1. The molecule has 0 aromatic heterocycles. The van der Waals surface area contributed by atoms with E-state index in [1.165, 1.54) is 0 Å². The van der Waals surface area contributed by atoms with Crippen molar-refractivity contribution in [2.75, 3.05) is 0 Å². The number of carbonyl (C=O) groups excluding carboxylic acids is 4. The fourth-order valence-electron chi connectivity index (χ4n) is 4.55. The Morgan fingerprint density at radius 1 is 1.09 bits per heavy atom. The van der Waals surface area contributed by atoms with E-state index in [1.54, 1.807) is 0 Å². The number of primary amides is 1. The smallest absolute Gasteiger partial charge is 0.366 e. The van der Waals surface area contributed by atoms with Gasteiger partial charge < -0.3 is 10.6 Å². The van der Waals surface area contributed by atoms with Gasteiger partial charge in [0.15, 0.2) is 0 Å². The van der Waals surface area contributed by atoms with E-state index in [-0.39, 0.29) is 18.9 Å². The van der Waals surface area contributed by atoms with E-state index in [0.717, 1.165) is 12.1 Å². The van der Waals surface area contributed by atoms with Crippen LogP contribution in [0.25, 0.3) is 0 Å². The topological polar surface area (TPSA) is 110 Å². The van der Waals surface area contributed by atoms with Crippen molar-refractivity contribution in [3.05, 3.63) is 70.0 Å². The number of imide groups is 1. The molecule has 3 N–H and O–H groups in total. The lowest BCUT2D eigenvalue weighted by atomic mass is 9.84. The molecule has 13 heteroatoms. The summed E-state index contributed by atoms with van der Waals surface area (Å²) in [6, 6.07) is -1.08. The fourth-order valence-corrected chi connectivity index (χ4v) is 4.55. The maximum atomic E-state index is 15.4. The van der Waals surface area contributed by atoms with Gasteiger partial charge in [-0.15, -0.1) is 0 Å². The highest BCUT2D eigenvalue weighted by molar-refractivity contribution is 6.06. The Morgan fingerprint density at radius 2 is 1.77 bits per heavy atom. The van der Waals surface area contributed by atoms with Crippen molar-refractivity contribution in [1.29, 1.82) is 0 Å². The molecule has 2 aromatic rings. The number of alkyl halides is 3. The summed E-state index contributed by atoms with van der Waals surface area (Å²) in [7, 11) is 0. The molecule has 3 atom stereocenters. The van der Waals surface area contributed by atoms with Gasteiger partial charge in [-0.2, -0.15) is 13.2 Å². The third-order valence-electron chi connectivity index (χ3n) is 6.02. The van der Waals surface area contributed by atoms with E-state index in [9.17, 15) is 41.1 Å². The minimum Gasteiger partial charge on any atom is -0.366 e. The quantitative estimate of drug-likeness (QED) is 0.498. The number of rotatable bonds is 4. The number of nitrogens with two attached hydrogens (primary N) is 1. The number of amides is 4. The van der Waals surface area contributed by atoms with Crippen molar-refractivity contribution in [3.63, 3.8) is 0 Å². The molecule has 2 aromatic carbocycles. The summed E-state index contributed by atoms with van der Waals surface area (Å²) in [4.78, 5) is 49.4. The van der Waals surface area contributed by atoms with Gasteiger partial charge in [0, 0.05) is 29.2 Å². The largest absolute Gasteiger partial charge is 0.398 e. The van der Waals surface area contributed by atoms with E-state index in [1.807, 2.05) is 5.32 Å². The number of nitrogens with one attached hydrogen (secondary N) is 1. The van der Waals surface area contributed by atoms with Crippen molar-refractivity contribution in [2.24, 2.45) is 5.73 Å². The maximum Gasteiger partial charge on any atom is 0.398 e. The fraction of sp³-hybridized carbons (Fsp3) is 0.273. The molecule has 7 nitrogen and oxygen atoms in total. The van der Waals surface area contributed by atoms with Gasteiger partial charge in [0.1, 0.15) is 29.4 Å². The van der Waals surface area contributed by atoms with Crippen molar-refractivity contribution in [1.82, 2.24) is 10.2 Å². The predicted molar refractivity (Wildman–Crippen MR) is 105 cm³/mol. The average molecular weight is 499 g/mol. The van der Waals surface area contributed by atoms with Gasteiger partial charge >= 0.3 is 6.18 Å². The highest BCUT2D eigenvalue weighted by Crippen LogP contribution is 2.53.